The molecule has 1 saturated heterocycles. The summed E-state index contributed by atoms with van der Waals surface area (Å²) >= 11 is 0. The molecular weight excluding hydrogens is 374 g/mol. The molecule has 0 radical (unpaired) electrons. The molecule has 2 aromatic rings. The lowest BCUT2D eigenvalue weighted by Gasteiger charge is -2.24. The Morgan fingerprint density at radius 1 is 1.12 bits per heavy atom. The molecule has 7 nitrogen and oxygen atoms in total. The Bertz CT molecular complexity index is 1010. The number of sulfonamides is 1. The minimum Gasteiger partial charge on any atom is -0.271 e. The minimum absolute atomic E-state index is 0.184. The SMILES string of the molecule is Cc1nn(C)c(C)c1S(=O)(=O)N1CCCC1CS(=O)(=O)c1ccccc1. The normalized spacial score (nSPS) is 19.1. The zero-order valence-corrected chi connectivity index (χ0v) is 16.7. The van der Waals surface area contributed by atoms with E-state index in [-0.39, 0.29) is 15.5 Å². The number of sulfone groups is 1. The second kappa shape index (κ2) is 6.79. The lowest BCUT2D eigenvalue weighted by Crippen LogP contribution is -2.40. The fourth-order valence-electron chi connectivity index (χ4n) is 3.51. The number of aryl methyl sites for hydroxylation is 2. The first-order valence-corrected chi connectivity index (χ1v) is 11.5. The molecular formula is C17H23N3O4S2. The summed E-state index contributed by atoms with van der Waals surface area (Å²) in [6.45, 7) is 3.69. The number of rotatable bonds is 5. The van der Waals surface area contributed by atoms with Crippen molar-refractivity contribution in [3.05, 3.63) is 41.7 Å². The summed E-state index contributed by atoms with van der Waals surface area (Å²) in [5.74, 6) is -0.214. The number of nitrogens with zero attached hydrogens (tertiary/aromatic N) is 3. The van der Waals surface area contributed by atoms with E-state index in [1.165, 1.54) is 8.99 Å². The van der Waals surface area contributed by atoms with Crippen molar-refractivity contribution in [2.24, 2.45) is 7.05 Å². The Hall–Kier alpha value is -1.71. The van der Waals surface area contributed by atoms with Crippen molar-refractivity contribution in [3.8, 4) is 0 Å². The van der Waals surface area contributed by atoms with Crippen molar-refractivity contribution in [1.82, 2.24) is 14.1 Å². The fraction of sp³-hybridized carbons (Fsp3) is 0.471. The largest absolute Gasteiger partial charge is 0.271 e. The van der Waals surface area contributed by atoms with Crippen LogP contribution < -0.4 is 0 Å². The van der Waals surface area contributed by atoms with E-state index in [1.54, 1.807) is 51.2 Å². The fourth-order valence-corrected chi connectivity index (χ4v) is 7.32. The topological polar surface area (TPSA) is 89.3 Å². The van der Waals surface area contributed by atoms with Gasteiger partial charge in [-0.15, -0.1) is 0 Å². The van der Waals surface area contributed by atoms with Gasteiger partial charge in [0, 0.05) is 19.6 Å². The molecule has 2 heterocycles. The van der Waals surface area contributed by atoms with Crippen LogP contribution in [0.3, 0.4) is 0 Å². The van der Waals surface area contributed by atoms with E-state index in [2.05, 4.69) is 5.10 Å². The molecule has 1 aliphatic heterocycles. The second-order valence-electron chi connectivity index (χ2n) is 6.63. The Kier molecular flexibility index (Phi) is 4.98. The molecule has 0 saturated carbocycles. The molecule has 0 amide bonds. The van der Waals surface area contributed by atoms with Crippen molar-refractivity contribution in [3.63, 3.8) is 0 Å². The first kappa shape index (κ1) is 19.1. The van der Waals surface area contributed by atoms with Crippen LogP contribution in [0.1, 0.15) is 24.2 Å². The first-order valence-electron chi connectivity index (χ1n) is 8.44. The van der Waals surface area contributed by atoms with Crippen molar-refractivity contribution in [2.45, 2.75) is 42.5 Å². The lowest BCUT2D eigenvalue weighted by atomic mass is 10.3. The van der Waals surface area contributed by atoms with Crippen molar-refractivity contribution in [2.75, 3.05) is 12.3 Å². The minimum atomic E-state index is -3.80. The standard InChI is InChI=1S/C17H23N3O4S2/c1-13-17(14(2)19(3)18-13)26(23,24)20-11-7-8-15(20)12-25(21,22)16-9-5-4-6-10-16/h4-6,9-10,15H,7-8,11-12H2,1-3H3. The lowest BCUT2D eigenvalue weighted by molar-refractivity contribution is 0.407. The summed E-state index contributed by atoms with van der Waals surface area (Å²) in [5.41, 5.74) is 0.987. The van der Waals surface area contributed by atoms with E-state index in [1.807, 2.05) is 0 Å². The first-order chi connectivity index (χ1) is 12.1. The molecule has 1 unspecified atom stereocenters. The van der Waals surface area contributed by atoms with Gasteiger partial charge in [0.2, 0.25) is 10.0 Å². The van der Waals surface area contributed by atoms with Gasteiger partial charge < -0.3 is 0 Å². The van der Waals surface area contributed by atoms with E-state index in [4.69, 9.17) is 0 Å². The van der Waals surface area contributed by atoms with Gasteiger partial charge >= 0.3 is 0 Å². The summed E-state index contributed by atoms with van der Waals surface area (Å²) in [7, 11) is -5.66. The number of benzene rings is 1. The predicted molar refractivity (Wildman–Crippen MR) is 98.1 cm³/mol. The summed E-state index contributed by atoms with van der Waals surface area (Å²) in [4.78, 5) is 0.405. The molecule has 1 aliphatic rings. The van der Waals surface area contributed by atoms with E-state index in [0.29, 0.717) is 30.8 Å². The number of aromatic nitrogens is 2. The zero-order valence-electron chi connectivity index (χ0n) is 15.1. The molecule has 1 aromatic carbocycles. The van der Waals surface area contributed by atoms with Gasteiger partial charge in [-0.3, -0.25) is 4.68 Å². The average molecular weight is 398 g/mol. The van der Waals surface area contributed by atoms with Crippen LogP contribution in [0.25, 0.3) is 0 Å². The smallest absolute Gasteiger partial charge is 0.247 e. The molecule has 26 heavy (non-hydrogen) atoms. The molecule has 0 N–H and O–H groups in total. The molecule has 9 heteroatoms. The molecule has 1 atom stereocenters. The third kappa shape index (κ3) is 3.30. The predicted octanol–water partition coefficient (Wildman–Crippen LogP) is 1.66. The van der Waals surface area contributed by atoms with Gasteiger partial charge in [0.1, 0.15) is 4.90 Å². The van der Waals surface area contributed by atoms with E-state index in [9.17, 15) is 16.8 Å². The maximum Gasteiger partial charge on any atom is 0.247 e. The third-order valence-electron chi connectivity index (χ3n) is 4.85. The van der Waals surface area contributed by atoms with Gasteiger partial charge in [-0.05, 0) is 38.8 Å². The van der Waals surface area contributed by atoms with Gasteiger partial charge in [-0.2, -0.15) is 9.40 Å². The van der Waals surface area contributed by atoms with Gasteiger partial charge in [-0.1, -0.05) is 18.2 Å². The molecule has 0 aliphatic carbocycles. The highest BCUT2D eigenvalue weighted by Gasteiger charge is 2.40. The van der Waals surface area contributed by atoms with Crippen LogP contribution in [0.2, 0.25) is 0 Å². The van der Waals surface area contributed by atoms with Crippen LogP contribution in [-0.4, -0.2) is 49.3 Å². The highest BCUT2D eigenvalue weighted by molar-refractivity contribution is 7.91. The monoisotopic (exact) mass is 397 g/mol. The van der Waals surface area contributed by atoms with Crippen LogP contribution in [0.5, 0.6) is 0 Å². The average Bonchev–Trinajstić information content (AvgIpc) is 3.13. The van der Waals surface area contributed by atoms with Crippen molar-refractivity contribution < 1.29 is 16.8 Å². The third-order valence-corrected chi connectivity index (χ3v) is 8.87. The van der Waals surface area contributed by atoms with Crippen molar-refractivity contribution in [1.29, 1.82) is 0 Å². The molecule has 3 rings (SSSR count). The maximum atomic E-state index is 13.2. The van der Waals surface area contributed by atoms with Gasteiger partial charge in [0.05, 0.1) is 22.0 Å². The Labute approximate surface area is 154 Å². The van der Waals surface area contributed by atoms with Crippen LogP contribution >= 0.6 is 0 Å². The van der Waals surface area contributed by atoms with Crippen LogP contribution in [0.15, 0.2) is 40.1 Å². The van der Waals surface area contributed by atoms with E-state index < -0.39 is 25.9 Å². The molecule has 0 bridgehead atoms. The summed E-state index contributed by atoms with van der Waals surface area (Å²) in [5, 5.41) is 4.19. The van der Waals surface area contributed by atoms with Crippen molar-refractivity contribution >= 4 is 19.9 Å². The second-order valence-corrected chi connectivity index (χ2v) is 10.5. The van der Waals surface area contributed by atoms with Crippen LogP contribution in [0, 0.1) is 13.8 Å². The Balaban J connectivity index is 1.93. The number of hydrogen-bond acceptors (Lipinski definition) is 5. The van der Waals surface area contributed by atoms with E-state index >= 15 is 0 Å². The van der Waals surface area contributed by atoms with Gasteiger partial charge in [0.25, 0.3) is 0 Å². The zero-order chi connectivity index (χ0) is 19.1. The molecule has 1 fully saturated rings. The maximum absolute atomic E-state index is 13.2. The van der Waals surface area contributed by atoms with Gasteiger partial charge in [-0.25, -0.2) is 16.8 Å². The highest BCUT2D eigenvalue weighted by atomic mass is 32.2. The molecule has 0 spiro atoms. The summed E-state index contributed by atoms with van der Waals surface area (Å²) in [6, 6.07) is 7.59. The molecule has 1 aromatic heterocycles. The molecule has 142 valence electrons. The highest BCUT2D eigenvalue weighted by Crippen LogP contribution is 2.31. The Morgan fingerprint density at radius 2 is 1.77 bits per heavy atom. The van der Waals surface area contributed by atoms with Gasteiger partial charge in [0.15, 0.2) is 9.84 Å². The van der Waals surface area contributed by atoms with Crippen LogP contribution in [-0.2, 0) is 26.9 Å². The summed E-state index contributed by atoms with van der Waals surface area (Å²) in [6.07, 6.45) is 1.18. The van der Waals surface area contributed by atoms with E-state index in [0.717, 1.165) is 0 Å². The summed E-state index contributed by atoms with van der Waals surface area (Å²) < 4.78 is 54.7. The quantitative estimate of drug-likeness (QED) is 0.765. The van der Waals surface area contributed by atoms with Crippen LogP contribution in [0.4, 0.5) is 0 Å². The Morgan fingerprint density at radius 3 is 2.35 bits per heavy atom. The number of hydrogen-bond donors (Lipinski definition) is 0.